The smallest absolute Gasteiger partial charge is 0.220 e. The summed E-state index contributed by atoms with van der Waals surface area (Å²) in [7, 11) is 0. The van der Waals surface area contributed by atoms with E-state index in [9.17, 15) is 61.0 Å². The Balaban J connectivity index is 1.36. The SMILES string of the molecule is CCCCCCCCCC/C=C\CCCCCCCCCCCCCCCCCCCCCC(=O)NC(COC1OC(CO)C(OC2OC(CO)C(OC3OC(CO)C(O)C(O)C3O)C(O)C2O)C(O)C1O)C(O)/C=C/CC/C=C/CC/C=C/CCCCCCCCCCCCCCCCCCCCCC. The number of unbranched alkanes of at least 4 members (excludes halogenated alkanes) is 49. The summed E-state index contributed by atoms with van der Waals surface area (Å²) in [6, 6.07) is -0.998. The van der Waals surface area contributed by atoms with E-state index >= 15 is 0 Å². The Morgan fingerprint density at radius 1 is 0.330 bits per heavy atom. The Labute approximate surface area is 643 Å². The second kappa shape index (κ2) is 67.3. The van der Waals surface area contributed by atoms with Gasteiger partial charge in [0.15, 0.2) is 18.9 Å². The van der Waals surface area contributed by atoms with Crippen LogP contribution >= 0.6 is 0 Å². The fourth-order valence-electron chi connectivity index (χ4n) is 14.8. The van der Waals surface area contributed by atoms with E-state index in [0.29, 0.717) is 12.8 Å². The predicted molar refractivity (Wildman–Crippen MR) is 425 cm³/mol. The molecule has 3 rings (SSSR count). The van der Waals surface area contributed by atoms with Crippen molar-refractivity contribution in [2.45, 2.75) is 471 Å². The molecule has 19 heteroatoms. The van der Waals surface area contributed by atoms with Gasteiger partial charge in [0, 0.05) is 6.42 Å². The molecule has 17 atom stereocenters. The first-order valence-electron chi connectivity index (χ1n) is 43.9. The van der Waals surface area contributed by atoms with Crippen molar-refractivity contribution in [1.82, 2.24) is 5.32 Å². The standard InChI is InChI=1S/C87H161NO18/c1-3-5-7-9-11-13-15-17-19-21-23-25-27-29-31-33-35-37-39-41-43-45-47-49-51-53-55-57-59-61-63-65-75(93)88-70(71(92)64-62-60-58-56-54-52-50-48-46-44-42-40-38-36-34-32-30-28-26-24-22-20-18-16-14-12-10-8-6-4-2)69-101-85-81(99)78(96)83(73(67-90)103-85)106-87-82(100)79(97)84(74(68-91)104-87)105-86-80(98)77(95)76(94)72(66-89)102-86/h21,23,46,48,54,56,62,64,70-74,76-87,89-92,94-100H,3-20,22,24-45,47,49-53,55,57-61,63,65-69H2,1-2H3,(H,88,93)/b23-21-,48-46+,56-54+,64-62+. The van der Waals surface area contributed by atoms with E-state index in [0.717, 1.165) is 44.9 Å². The first-order valence-corrected chi connectivity index (χ1v) is 43.9. The van der Waals surface area contributed by atoms with Crippen LogP contribution < -0.4 is 5.32 Å². The highest BCUT2D eigenvalue weighted by molar-refractivity contribution is 5.76. The van der Waals surface area contributed by atoms with Gasteiger partial charge in [-0.1, -0.05) is 339 Å². The van der Waals surface area contributed by atoms with E-state index in [1.807, 2.05) is 6.08 Å². The maximum absolute atomic E-state index is 13.5. The Bertz CT molecular complexity index is 2100. The van der Waals surface area contributed by atoms with Crippen molar-refractivity contribution in [1.29, 1.82) is 0 Å². The van der Waals surface area contributed by atoms with Crippen LogP contribution in [-0.2, 0) is 33.2 Å². The molecule has 19 nitrogen and oxygen atoms in total. The number of amides is 1. The van der Waals surface area contributed by atoms with Crippen LogP contribution in [0.15, 0.2) is 48.6 Å². The molecule has 0 saturated carbocycles. The Morgan fingerprint density at radius 3 is 0.943 bits per heavy atom. The minimum absolute atomic E-state index is 0.235. The first-order chi connectivity index (χ1) is 51.8. The number of nitrogens with one attached hydrogen (secondary N) is 1. The molecule has 0 aliphatic carbocycles. The average molecular weight is 1510 g/mol. The summed E-state index contributed by atoms with van der Waals surface area (Å²) >= 11 is 0. The molecule has 0 aromatic carbocycles. The minimum Gasteiger partial charge on any atom is -0.394 e. The van der Waals surface area contributed by atoms with Gasteiger partial charge in [0.2, 0.25) is 5.91 Å². The van der Waals surface area contributed by atoms with E-state index in [1.54, 1.807) is 6.08 Å². The van der Waals surface area contributed by atoms with Crippen LogP contribution in [0.3, 0.4) is 0 Å². The molecule has 0 spiro atoms. The summed E-state index contributed by atoms with van der Waals surface area (Å²) < 4.78 is 34.5. The van der Waals surface area contributed by atoms with Crippen LogP contribution in [0.1, 0.15) is 367 Å². The first kappa shape index (κ1) is 97.9. The quantitative estimate of drug-likeness (QED) is 0.0199. The molecule has 3 saturated heterocycles. The molecule has 17 unspecified atom stereocenters. The molecule has 1 amide bonds. The van der Waals surface area contributed by atoms with Crippen LogP contribution in [0.25, 0.3) is 0 Å². The summed E-state index contributed by atoms with van der Waals surface area (Å²) in [6.07, 6.45) is 59.8. The van der Waals surface area contributed by atoms with Gasteiger partial charge in [0.25, 0.3) is 0 Å². The summed E-state index contributed by atoms with van der Waals surface area (Å²) in [4.78, 5) is 13.5. The Hall–Kier alpha value is -2.25. The van der Waals surface area contributed by atoms with E-state index < -0.39 is 124 Å². The third kappa shape index (κ3) is 46.1. The molecule has 0 bridgehead atoms. The molecule has 3 fully saturated rings. The van der Waals surface area contributed by atoms with Crippen molar-refractivity contribution in [3.63, 3.8) is 0 Å². The number of allylic oxidation sites excluding steroid dienone is 7. The number of aliphatic hydroxyl groups is 11. The summed E-state index contributed by atoms with van der Waals surface area (Å²) in [6.45, 7) is 1.77. The maximum atomic E-state index is 13.5. The summed E-state index contributed by atoms with van der Waals surface area (Å²) in [5.74, 6) is -0.283. The fraction of sp³-hybridized carbons (Fsp3) is 0.897. The van der Waals surface area contributed by atoms with Crippen molar-refractivity contribution >= 4 is 5.91 Å². The lowest BCUT2D eigenvalue weighted by atomic mass is 9.96. The number of aliphatic hydroxyl groups excluding tert-OH is 11. The number of ether oxygens (including phenoxy) is 6. The molecule has 12 N–H and O–H groups in total. The molecule has 622 valence electrons. The lowest BCUT2D eigenvalue weighted by Gasteiger charge is -2.48. The minimum atomic E-state index is -1.98. The van der Waals surface area contributed by atoms with E-state index in [4.69, 9.17) is 28.4 Å². The van der Waals surface area contributed by atoms with Gasteiger partial charge in [-0.25, -0.2) is 0 Å². The zero-order valence-electron chi connectivity index (χ0n) is 66.9. The van der Waals surface area contributed by atoms with Crippen LogP contribution in [0.5, 0.6) is 0 Å². The van der Waals surface area contributed by atoms with Gasteiger partial charge in [-0.05, 0) is 70.6 Å². The van der Waals surface area contributed by atoms with Crippen LogP contribution in [0, 0.1) is 0 Å². The van der Waals surface area contributed by atoms with Crippen LogP contribution in [-0.4, -0.2) is 193 Å². The highest BCUT2D eigenvalue weighted by Crippen LogP contribution is 2.33. The topological polar surface area (TPSA) is 307 Å². The summed E-state index contributed by atoms with van der Waals surface area (Å²) in [5, 5.41) is 121. The molecule has 3 heterocycles. The van der Waals surface area contributed by atoms with E-state index in [2.05, 4.69) is 55.6 Å². The predicted octanol–water partition coefficient (Wildman–Crippen LogP) is 16.0. The largest absolute Gasteiger partial charge is 0.394 e. The lowest BCUT2D eigenvalue weighted by molar-refractivity contribution is -0.379. The van der Waals surface area contributed by atoms with Gasteiger partial charge < -0.3 is 89.9 Å². The summed E-state index contributed by atoms with van der Waals surface area (Å²) in [5.41, 5.74) is 0. The average Bonchev–Trinajstić information content (AvgIpc) is 0.780. The number of rotatable bonds is 71. The van der Waals surface area contributed by atoms with Crippen molar-refractivity contribution in [3.05, 3.63) is 48.6 Å². The van der Waals surface area contributed by atoms with Gasteiger partial charge in [-0.2, -0.15) is 0 Å². The van der Waals surface area contributed by atoms with Gasteiger partial charge in [-0.15, -0.1) is 0 Å². The third-order valence-corrected chi connectivity index (χ3v) is 21.8. The molecule has 3 aliphatic heterocycles. The highest BCUT2D eigenvalue weighted by atomic mass is 16.8. The maximum Gasteiger partial charge on any atom is 0.220 e. The Morgan fingerprint density at radius 2 is 0.604 bits per heavy atom. The molecular weight excluding hydrogens is 1350 g/mol. The number of hydrogen-bond acceptors (Lipinski definition) is 18. The number of carbonyl (C=O) groups is 1. The van der Waals surface area contributed by atoms with Gasteiger partial charge >= 0.3 is 0 Å². The molecule has 106 heavy (non-hydrogen) atoms. The zero-order chi connectivity index (χ0) is 76.7. The molecule has 3 aliphatic rings. The van der Waals surface area contributed by atoms with Crippen LogP contribution in [0.2, 0.25) is 0 Å². The number of carbonyl (C=O) groups excluding carboxylic acids is 1. The van der Waals surface area contributed by atoms with E-state index in [-0.39, 0.29) is 18.9 Å². The van der Waals surface area contributed by atoms with Crippen molar-refractivity contribution in [3.8, 4) is 0 Å². The zero-order valence-corrected chi connectivity index (χ0v) is 66.9. The third-order valence-electron chi connectivity index (χ3n) is 21.8. The van der Waals surface area contributed by atoms with Gasteiger partial charge in [0.05, 0.1) is 38.6 Å². The lowest BCUT2D eigenvalue weighted by Crippen LogP contribution is -2.66. The molecular formula is C87H161NO18. The monoisotopic (exact) mass is 1510 g/mol. The highest BCUT2D eigenvalue weighted by Gasteiger charge is 2.54. The normalized spacial score (nSPS) is 25.8. The van der Waals surface area contributed by atoms with Crippen molar-refractivity contribution in [2.24, 2.45) is 0 Å². The van der Waals surface area contributed by atoms with Crippen molar-refractivity contribution < 1.29 is 89.4 Å². The van der Waals surface area contributed by atoms with Crippen molar-refractivity contribution in [2.75, 3.05) is 26.4 Å². The molecule has 0 aromatic heterocycles. The van der Waals surface area contributed by atoms with Gasteiger partial charge in [-0.3, -0.25) is 4.79 Å². The molecule has 0 aromatic rings. The second-order valence-electron chi connectivity index (χ2n) is 31.3. The fourth-order valence-corrected chi connectivity index (χ4v) is 14.8. The molecule has 0 radical (unpaired) electrons. The van der Waals surface area contributed by atoms with E-state index in [1.165, 1.54) is 289 Å². The second-order valence-corrected chi connectivity index (χ2v) is 31.3. The van der Waals surface area contributed by atoms with Crippen LogP contribution in [0.4, 0.5) is 0 Å². The van der Waals surface area contributed by atoms with Gasteiger partial charge in [0.1, 0.15) is 73.2 Å². The Kier molecular flexibility index (Phi) is 62.2. The number of hydrogen-bond donors (Lipinski definition) is 12.